The zero-order valence-corrected chi connectivity index (χ0v) is 12.1. The molecule has 0 aliphatic carbocycles. The predicted molar refractivity (Wildman–Crippen MR) is 75.5 cm³/mol. The highest BCUT2D eigenvalue weighted by molar-refractivity contribution is 5.94. The van der Waals surface area contributed by atoms with Crippen molar-refractivity contribution in [2.24, 2.45) is 0 Å². The van der Waals surface area contributed by atoms with Gasteiger partial charge in [0.1, 0.15) is 5.75 Å². The fourth-order valence-corrected chi connectivity index (χ4v) is 1.81. The maximum absolute atomic E-state index is 12.2. The molecule has 1 N–H and O–H groups in total. The van der Waals surface area contributed by atoms with Gasteiger partial charge in [-0.3, -0.25) is 4.79 Å². The number of benzene rings is 1. The van der Waals surface area contributed by atoms with Gasteiger partial charge in [-0.05, 0) is 38.5 Å². The Kier molecular flexibility index (Phi) is 5.36. The molecule has 19 heavy (non-hydrogen) atoms. The van der Waals surface area contributed by atoms with Crippen molar-refractivity contribution in [2.75, 3.05) is 20.2 Å². The molecule has 0 aliphatic heterocycles. The van der Waals surface area contributed by atoms with Gasteiger partial charge in [-0.1, -0.05) is 13.0 Å². The van der Waals surface area contributed by atoms with Crippen LogP contribution in [0.5, 0.6) is 5.75 Å². The molecule has 0 aliphatic rings. The Labute approximate surface area is 115 Å². The maximum atomic E-state index is 12.2. The summed E-state index contributed by atoms with van der Waals surface area (Å²) in [6.45, 7) is 6.31. The molecule has 0 spiro atoms. The van der Waals surface area contributed by atoms with Crippen LogP contribution in [0, 0.1) is 0 Å². The molecule has 0 atom stereocenters. The number of hydrogen-bond acceptors (Lipinski definition) is 3. The van der Waals surface area contributed by atoms with Gasteiger partial charge in [0.2, 0.25) is 0 Å². The van der Waals surface area contributed by atoms with E-state index in [2.05, 4.69) is 0 Å². The lowest BCUT2D eigenvalue weighted by atomic mass is 10.1. The van der Waals surface area contributed by atoms with Crippen LogP contribution < -0.4 is 4.74 Å². The molecule has 106 valence electrons. The van der Waals surface area contributed by atoms with Crippen LogP contribution in [0.1, 0.15) is 37.6 Å². The van der Waals surface area contributed by atoms with E-state index in [0.29, 0.717) is 17.9 Å². The van der Waals surface area contributed by atoms with E-state index < -0.39 is 5.60 Å². The monoisotopic (exact) mass is 265 g/mol. The van der Waals surface area contributed by atoms with Gasteiger partial charge < -0.3 is 14.7 Å². The van der Waals surface area contributed by atoms with Crippen LogP contribution in [0.2, 0.25) is 0 Å². The van der Waals surface area contributed by atoms with Gasteiger partial charge >= 0.3 is 0 Å². The second-order valence-electron chi connectivity index (χ2n) is 5.35. The minimum Gasteiger partial charge on any atom is -0.494 e. The highest BCUT2D eigenvalue weighted by atomic mass is 16.5. The predicted octanol–water partition coefficient (Wildman–Crippen LogP) is 2.32. The summed E-state index contributed by atoms with van der Waals surface area (Å²) in [6.07, 6.45) is 0.927. The van der Waals surface area contributed by atoms with E-state index in [1.165, 1.54) is 4.90 Å². The molecule has 0 saturated carbocycles. The van der Waals surface area contributed by atoms with Gasteiger partial charge in [-0.15, -0.1) is 0 Å². The molecule has 4 nitrogen and oxygen atoms in total. The molecular formula is C15H23NO3. The van der Waals surface area contributed by atoms with Crippen LogP contribution in [-0.2, 0) is 0 Å². The Balaban J connectivity index is 2.76. The lowest BCUT2D eigenvalue weighted by molar-refractivity contribution is 0.0368. The number of rotatable bonds is 6. The Bertz CT molecular complexity index is 424. The van der Waals surface area contributed by atoms with E-state index in [4.69, 9.17) is 4.74 Å². The van der Waals surface area contributed by atoms with Crippen molar-refractivity contribution in [3.05, 3.63) is 29.8 Å². The number of nitrogens with zero attached hydrogens (tertiary/aromatic N) is 1. The molecular weight excluding hydrogens is 242 g/mol. The van der Waals surface area contributed by atoms with Gasteiger partial charge in [0.05, 0.1) is 12.2 Å². The lowest BCUT2D eigenvalue weighted by Crippen LogP contribution is -2.39. The van der Waals surface area contributed by atoms with Gasteiger partial charge in [0, 0.05) is 19.2 Å². The van der Waals surface area contributed by atoms with Crippen LogP contribution in [0.3, 0.4) is 0 Å². The minimum atomic E-state index is -0.902. The molecule has 1 aromatic carbocycles. The summed E-state index contributed by atoms with van der Waals surface area (Å²) >= 11 is 0. The van der Waals surface area contributed by atoms with E-state index in [-0.39, 0.29) is 12.5 Å². The Morgan fingerprint density at radius 2 is 2.11 bits per heavy atom. The first-order chi connectivity index (χ1) is 8.83. The summed E-state index contributed by atoms with van der Waals surface area (Å²) in [5.74, 6) is 0.577. The summed E-state index contributed by atoms with van der Waals surface area (Å²) < 4.78 is 5.51. The van der Waals surface area contributed by atoms with Crippen LogP contribution in [0.15, 0.2) is 24.3 Å². The third-order valence-corrected chi connectivity index (χ3v) is 2.52. The molecule has 1 aromatic rings. The normalized spacial score (nSPS) is 11.2. The van der Waals surface area contributed by atoms with Crippen LogP contribution in [0.4, 0.5) is 0 Å². The minimum absolute atomic E-state index is 0.121. The second-order valence-corrected chi connectivity index (χ2v) is 5.35. The third kappa shape index (κ3) is 5.30. The van der Waals surface area contributed by atoms with Crippen molar-refractivity contribution in [3.8, 4) is 5.75 Å². The molecule has 0 bridgehead atoms. The van der Waals surface area contributed by atoms with E-state index in [9.17, 15) is 9.90 Å². The number of aliphatic hydroxyl groups is 1. The first-order valence-corrected chi connectivity index (χ1v) is 6.54. The molecule has 1 rings (SSSR count). The number of likely N-dealkylation sites (N-methyl/N-ethyl adjacent to an activating group) is 1. The zero-order valence-electron chi connectivity index (χ0n) is 12.1. The topological polar surface area (TPSA) is 49.8 Å². The number of hydrogen-bond donors (Lipinski definition) is 1. The van der Waals surface area contributed by atoms with E-state index in [1.807, 2.05) is 13.0 Å². The zero-order chi connectivity index (χ0) is 14.5. The van der Waals surface area contributed by atoms with Crippen molar-refractivity contribution in [1.29, 1.82) is 0 Å². The quantitative estimate of drug-likeness (QED) is 0.858. The number of carbonyl (C=O) groups excluding carboxylic acids is 1. The van der Waals surface area contributed by atoms with Crippen molar-refractivity contribution < 1.29 is 14.6 Å². The fraction of sp³-hybridized carbons (Fsp3) is 0.533. The Hall–Kier alpha value is -1.55. The summed E-state index contributed by atoms with van der Waals surface area (Å²) in [5, 5.41) is 9.74. The van der Waals surface area contributed by atoms with Crippen LogP contribution >= 0.6 is 0 Å². The molecule has 0 heterocycles. The van der Waals surface area contributed by atoms with Gasteiger partial charge in [0.15, 0.2) is 0 Å². The summed E-state index contributed by atoms with van der Waals surface area (Å²) in [5.41, 5.74) is -0.332. The van der Waals surface area contributed by atoms with Gasteiger partial charge in [-0.2, -0.15) is 0 Å². The van der Waals surface area contributed by atoms with Crippen LogP contribution in [-0.4, -0.2) is 41.7 Å². The second kappa shape index (κ2) is 6.57. The molecule has 0 radical (unpaired) electrons. The van der Waals surface area contributed by atoms with Gasteiger partial charge in [0.25, 0.3) is 5.91 Å². The van der Waals surface area contributed by atoms with Crippen molar-refractivity contribution in [1.82, 2.24) is 4.90 Å². The Morgan fingerprint density at radius 1 is 1.42 bits per heavy atom. The molecule has 0 aromatic heterocycles. The third-order valence-electron chi connectivity index (χ3n) is 2.52. The first-order valence-electron chi connectivity index (χ1n) is 6.54. The van der Waals surface area contributed by atoms with Crippen LogP contribution in [0.25, 0.3) is 0 Å². The number of carbonyl (C=O) groups is 1. The molecule has 0 fully saturated rings. The van der Waals surface area contributed by atoms with Crippen molar-refractivity contribution >= 4 is 5.91 Å². The van der Waals surface area contributed by atoms with Gasteiger partial charge in [-0.25, -0.2) is 0 Å². The molecule has 4 heteroatoms. The molecule has 1 amide bonds. The number of ether oxygens (including phenoxy) is 1. The number of amides is 1. The smallest absolute Gasteiger partial charge is 0.253 e. The molecule has 0 unspecified atom stereocenters. The van der Waals surface area contributed by atoms with E-state index in [1.54, 1.807) is 39.1 Å². The summed E-state index contributed by atoms with van der Waals surface area (Å²) in [4.78, 5) is 13.7. The Morgan fingerprint density at radius 3 is 2.68 bits per heavy atom. The fourth-order valence-electron chi connectivity index (χ4n) is 1.81. The summed E-state index contributed by atoms with van der Waals surface area (Å²) in [6, 6.07) is 7.12. The highest BCUT2D eigenvalue weighted by Gasteiger charge is 2.20. The maximum Gasteiger partial charge on any atom is 0.253 e. The summed E-state index contributed by atoms with van der Waals surface area (Å²) in [7, 11) is 1.68. The highest BCUT2D eigenvalue weighted by Crippen LogP contribution is 2.16. The molecule has 0 saturated heterocycles. The average molecular weight is 265 g/mol. The first kappa shape index (κ1) is 15.5. The van der Waals surface area contributed by atoms with E-state index >= 15 is 0 Å². The lowest BCUT2D eigenvalue weighted by Gasteiger charge is -2.25. The van der Waals surface area contributed by atoms with Crippen molar-refractivity contribution in [3.63, 3.8) is 0 Å². The average Bonchev–Trinajstić information content (AvgIpc) is 2.33. The largest absolute Gasteiger partial charge is 0.494 e. The van der Waals surface area contributed by atoms with Crippen molar-refractivity contribution in [2.45, 2.75) is 32.8 Å². The van der Waals surface area contributed by atoms with E-state index in [0.717, 1.165) is 6.42 Å². The SMILES string of the molecule is CCCOc1cccc(C(=O)N(C)CC(C)(C)O)c1. The standard InChI is InChI=1S/C15H23NO3/c1-5-9-19-13-8-6-7-12(10-13)14(17)16(4)11-15(2,3)18/h6-8,10,18H,5,9,11H2,1-4H3.